The smallest absolute Gasteiger partial charge is 0.317 e. The number of ether oxygens (including phenoxy) is 1. The first kappa shape index (κ1) is 22.3. The highest BCUT2D eigenvalue weighted by Crippen LogP contribution is 2.50. The number of nitrogens with one attached hydrogen (secondary N) is 1. The van der Waals surface area contributed by atoms with Gasteiger partial charge in [0.1, 0.15) is 11.8 Å². The van der Waals surface area contributed by atoms with E-state index in [2.05, 4.69) is 13.8 Å². The number of benzene rings is 2. The third-order valence-corrected chi connectivity index (χ3v) is 6.38. The summed E-state index contributed by atoms with van der Waals surface area (Å²) in [4.78, 5) is 28.5. The van der Waals surface area contributed by atoms with E-state index in [1.165, 1.54) is 0 Å². The van der Waals surface area contributed by atoms with Gasteiger partial charge in [-0.2, -0.15) is 0 Å². The second-order valence-electron chi connectivity index (χ2n) is 9.12. The fourth-order valence-electron chi connectivity index (χ4n) is 4.84. The first-order valence-electron chi connectivity index (χ1n) is 10.9. The minimum Gasteiger partial charge on any atom is -0.465 e. The van der Waals surface area contributed by atoms with Crippen molar-refractivity contribution in [2.45, 2.75) is 39.5 Å². The molecule has 1 aliphatic heterocycles. The highest BCUT2D eigenvalue weighted by molar-refractivity contribution is 6.30. The molecule has 0 bridgehead atoms. The average molecular weight is 451 g/mol. The van der Waals surface area contributed by atoms with Crippen molar-refractivity contribution in [3.8, 4) is 0 Å². The van der Waals surface area contributed by atoms with Crippen LogP contribution in [-0.2, 0) is 14.3 Å². The number of carbonyl (C=O) groups excluding carboxylic acids is 2. The Hall–Kier alpha value is -2.92. The van der Waals surface area contributed by atoms with Crippen molar-refractivity contribution in [2.24, 2.45) is 11.3 Å². The number of hydrogen-bond acceptors (Lipinski definition) is 4. The van der Waals surface area contributed by atoms with Gasteiger partial charge in [-0.15, -0.1) is 0 Å². The molecule has 0 radical (unpaired) electrons. The van der Waals surface area contributed by atoms with Crippen molar-refractivity contribution in [2.75, 3.05) is 11.5 Å². The molecular formula is C26H27ClN2O3. The van der Waals surface area contributed by atoms with E-state index in [0.717, 1.165) is 16.9 Å². The number of ketones is 1. The molecule has 1 aliphatic carbocycles. The molecule has 2 aliphatic rings. The normalized spacial score (nSPS) is 22.6. The van der Waals surface area contributed by atoms with E-state index < -0.39 is 17.8 Å². The molecule has 0 saturated heterocycles. The van der Waals surface area contributed by atoms with Gasteiger partial charge in [0.25, 0.3) is 0 Å². The van der Waals surface area contributed by atoms with Gasteiger partial charge in [-0.1, -0.05) is 55.8 Å². The predicted octanol–water partition coefficient (Wildman–Crippen LogP) is 5.74. The molecule has 1 heterocycles. The van der Waals surface area contributed by atoms with Crippen LogP contribution in [-0.4, -0.2) is 24.2 Å². The number of anilines is 1. The highest BCUT2D eigenvalue weighted by atomic mass is 35.5. The Morgan fingerprint density at radius 2 is 1.78 bits per heavy atom. The van der Waals surface area contributed by atoms with Crippen LogP contribution in [0.4, 0.5) is 5.69 Å². The molecule has 0 aromatic heterocycles. The second kappa shape index (κ2) is 8.55. The summed E-state index contributed by atoms with van der Waals surface area (Å²) in [5.74, 6) is -1.88. The van der Waals surface area contributed by atoms with Crippen LogP contribution in [0.3, 0.4) is 0 Å². The van der Waals surface area contributed by atoms with Crippen molar-refractivity contribution in [3.63, 3.8) is 0 Å². The van der Waals surface area contributed by atoms with Gasteiger partial charge in [0.05, 0.1) is 6.61 Å². The number of esters is 1. The zero-order valence-electron chi connectivity index (χ0n) is 18.5. The number of hydrogen-bond donors (Lipinski definition) is 1. The molecule has 6 heteroatoms. The summed E-state index contributed by atoms with van der Waals surface area (Å²) in [6.07, 6.45) is 1.02. The van der Waals surface area contributed by atoms with Crippen LogP contribution < -0.4 is 4.90 Å². The summed E-state index contributed by atoms with van der Waals surface area (Å²) in [6.45, 7) is 6.08. The summed E-state index contributed by atoms with van der Waals surface area (Å²) >= 11 is 6.11. The molecule has 5 nitrogen and oxygen atoms in total. The summed E-state index contributed by atoms with van der Waals surface area (Å²) in [6, 6.07) is 16.7. The number of halogens is 1. The summed E-state index contributed by atoms with van der Waals surface area (Å²) < 4.78 is 5.40. The van der Waals surface area contributed by atoms with Crippen LogP contribution in [0.2, 0.25) is 5.02 Å². The molecular weight excluding hydrogens is 424 g/mol. The number of carbonyl (C=O) groups is 2. The largest absolute Gasteiger partial charge is 0.465 e. The second-order valence-corrected chi connectivity index (χ2v) is 9.55. The topological polar surface area (TPSA) is 70.5 Å². The lowest BCUT2D eigenvalue weighted by Crippen LogP contribution is -2.51. The van der Waals surface area contributed by atoms with Gasteiger partial charge in [0, 0.05) is 34.3 Å². The quantitative estimate of drug-likeness (QED) is 0.602. The maximum Gasteiger partial charge on any atom is 0.317 e. The van der Waals surface area contributed by atoms with Crippen LogP contribution in [0.15, 0.2) is 65.9 Å². The molecule has 2 aromatic rings. The maximum absolute atomic E-state index is 13.6. The molecule has 1 N–H and O–H groups in total. The SMILES string of the molecule is CCOC(=O)C1C(=N)N(c2ccccc2)C2=C(C(=O)CC(C)(C)C2)C1c1ccc(Cl)cc1. The van der Waals surface area contributed by atoms with Gasteiger partial charge >= 0.3 is 5.97 Å². The number of Topliss-reactive ketones (excluding diaryl/α,β-unsaturated/α-hetero) is 1. The van der Waals surface area contributed by atoms with E-state index >= 15 is 0 Å². The minimum absolute atomic E-state index is 0.0129. The molecule has 2 unspecified atom stereocenters. The number of allylic oxidation sites excluding steroid dienone is 2. The summed E-state index contributed by atoms with van der Waals surface area (Å²) in [7, 11) is 0. The van der Waals surface area contributed by atoms with Crippen molar-refractivity contribution in [1.82, 2.24) is 0 Å². The van der Waals surface area contributed by atoms with E-state index in [0.29, 0.717) is 23.4 Å². The van der Waals surface area contributed by atoms with Gasteiger partial charge in [-0.25, -0.2) is 0 Å². The standard InChI is InChI=1S/C26H27ClN2O3/c1-4-32-25(31)23-21(16-10-12-17(27)13-11-16)22-19(14-26(2,3)15-20(22)30)29(24(23)28)18-8-6-5-7-9-18/h5-13,21,23,28H,4,14-15H2,1-3H3. The van der Waals surface area contributed by atoms with E-state index in [4.69, 9.17) is 21.7 Å². The van der Waals surface area contributed by atoms with Crippen molar-refractivity contribution >= 4 is 34.9 Å². The first-order chi connectivity index (χ1) is 15.2. The van der Waals surface area contributed by atoms with Crippen LogP contribution in [0.5, 0.6) is 0 Å². The average Bonchev–Trinajstić information content (AvgIpc) is 2.73. The molecule has 0 saturated carbocycles. The van der Waals surface area contributed by atoms with Gasteiger partial charge in [-0.05, 0) is 48.6 Å². The maximum atomic E-state index is 13.6. The Balaban J connectivity index is 1.99. The van der Waals surface area contributed by atoms with Crippen LogP contribution in [0.25, 0.3) is 0 Å². The zero-order chi connectivity index (χ0) is 23.0. The van der Waals surface area contributed by atoms with Crippen LogP contribution in [0, 0.1) is 16.7 Å². The number of rotatable bonds is 4. The molecule has 0 amide bonds. The van der Waals surface area contributed by atoms with Gasteiger partial charge in [0.2, 0.25) is 0 Å². The monoisotopic (exact) mass is 450 g/mol. The Morgan fingerprint density at radius 3 is 2.41 bits per heavy atom. The van der Waals surface area contributed by atoms with Crippen molar-refractivity contribution < 1.29 is 14.3 Å². The minimum atomic E-state index is -0.930. The predicted molar refractivity (Wildman–Crippen MR) is 126 cm³/mol. The number of nitrogens with zero attached hydrogens (tertiary/aromatic N) is 1. The van der Waals surface area contributed by atoms with Gasteiger partial charge in [-0.3, -0.25) is 15.0 Å². The third kappa shape index (κ3) is 3.97. The number of amidine groups is 1. The molecule has 2 aromatic carbocycles. The Kier molecular flexibility index (Phi) is 5.95. The molecule has 0 spiro atoms. The molecule has 166 valence electrons. The van der Waals surface area contributed by atoms with E-state index in [9.17, 15) is 9.59 Å². The summed E-state index contributed by atoms with van der Waals surface area (Å²) in [5, 5.41) is 9.72. The Bertz CT molecular complexity index is 1090. The van der Waals surface area contributed by atoms with Gasteiger partial charge in [0.15, 0.2) is 5.78 Å². The van der Waals surface area contributed by atoms with E-state index in [-0.39, 0.29) is 23.6 Å². The Morgan fingerprint density at radius 1 is 1.12 bits per heavy atom. The molecule has 4 rings (SSSR count). The summed E-state index contributed by atoms with van der Waals surface area (Å²) in [5.41, 5.74) is 2.70. The molecule has 0 fully saturated rings. The molecule has 32 heavy (non-hydrogen) atoms. The Labute approximate surface area is 193 Å². The molecule has 2 atom stereocenters. The van der Waals surface area contributed by atoms with Crippen LogP contribution in [0.1, 0.15) is 45.1 Å². The van der Waals surface area contributed by atoms with E-state index in [1.807, 2.05) is 42.5 Å². The zero-order valence-corrected chi connectivity index (χ0v) is 19.3. The fourth-order valence-corrected chi connectivity index (χ4v) is 4.97. The number of para-hydroxylation sites is 1. The lowest BCUT2D eigenvalue weighted by molar-refractivity contribution is -0.146. The van der Waals surface area contributed by atoms with E-state index in [1.54, 1.807) is 24.0 Å². The lowest BCUT2D eigenvalue weighted by Gasteiger charge is -2.46. The first-order valence-corrected chi connectivity index (χ1v) is 11.2. The third-order valence-electron chi connectivity index (χ3n) is 6.13. The van der Waals surface area contributed by atoms with Crippen molar-refractivity contribution in [1.29, 1.82) is 5.41 Å². The fraction of sp³-hybridized carbons (Fsp3) is 0.346. The van der Waals surface area contributed by atoms with Crippen LogP contribution >= 0.6 is 11.6 Å². The van der Waals surface area contributed by atoms with Gasteiger partial charge < -0.3 is 9.64 Å². The highest BCUT2D eigenvalue weighted by Gasteiger charge is 2.50. The lowest BCUT2D eigenvalue weighted by atomic mass is 9.66. The van der Waals surface area contributed by atoms with Crippen molar-refractivity contribution in [3.05, 3.63) is 76.5 Å².